The van der Waals surface area contributed by atoms with Gasteiger partial charge >= 0.3 is 0 Å². The second-order valence-electron chi connectivity index (χ2n) is 4.70. The third-order valence-corrected chi connectivity index (χ3v) is 2.60. The molecule has 0 radical (unpaired) electrons. The third-order valence-electron chi connectivity index (χ3n) is 2.60. The fourth-order valence-corrected chi connectivity index (χ4v) is 2.02. The molecule has 0 bridgehead atoms. The molecule has 0 spiro atoms. The van der Waals surface area contributed by atoms with Gasteiger partial charge in [-0.05, 0) is 26.3 Å². The maximum atomic E-state index is 5.44. The predicted molar refractivity (Wildman–Crippen MR) is 54.7 cm³/mol. The second kappa shape index (κ2) is 3.07. The van der Waals surface area contributed by atoms with Crippen LogP contribution < -0.4 is 0 Å². The lowest BCUT2D eigenvalue weighted by Gasteiger charge is -2.21. The first-order valence-corrected chi connectivity index (χ1v) is 4.94. The molecule has 1 fully saturated rings. The van der Waals surface area contributed by atoms with E-state index in [0.29, 0.717) is 0 Å². The smallest absolute Gasteiger partial charge is 0.128 e. The lowest BCUT2D eigenvalue weighted by molar-refractivity contribution is -0.344. The van der Waals surface area contributed by atoms with Gasteiger partial charge in [0.2, 0.25) is 0 Å². The van der Waals surface area contributed by atoms with Crippen LogP contribution in [0.3, 0.4) is 0 Å². The van der Waals surface area contributed by atoms with Crippen LogP contribution in [-0.4, -0.2) is 5.60 Å². The molecule has 2 heteroatoms. The first-order chi connectivity index (χ1) is 6.52. The van der Waals surface area contributed by atoms with Gasteiger partial charge in [0.05, 0.1) is 0 Å². The highest BCUT2D eigenvalue weighted by Crippen LogP contribution is 2.42. The molecule has 1 aliphatic rings. The van der Waals surface area contributed by atoms with Crippen molar-refractivity contribution in [2.24, 2.45) is 0 Å². The second-order valence-corrected chi connectivity index (χ2v) is 4.70. The Hall–Kier alpha value is -0.860. The summed E-state index contributed by atoms with van der Waals surface area (Å²) in [5.41, 5.74) is 0.681. The highest BCUT2D eigenvalue weighted by Gasteiger charge is 2.44. The van der Waals surface area contributed by atoms with E-state index >= 15 is 0 Å². The maximum Gasteiger partial charge on any atom is 0.128 e. The molecule has 1 atom stereocenters. The Morgan fingerprint density at radius 1 is 1.00 bits per heavy atom. The van der Waals surface area contributed by atoms with Gasteiger partial charge in [-0.25, -0.2) is 9.78 Å². The van der Waals surface area contributed by atoms with Crippen LogP contribution in [0, 0.1) is 0 Å². The molecule has 76 valence electrons. The van der Waals surface area contributed by atoms with Crippen molar-refractivity contribution in [1.82, 2.24) is 0 Å². The topological polar surface area (TPSA) is 18.5 Å². The third kappa shape index (κ3) is 1.68. The normalized spacial score (nSPS) is 30.5. The van der Waals surface area contributed by atoms with E-state index in [0.717, 1.165) is 6.42 Å². The molecular weight excluding hydrogens is 176 g/mol. The Kier molecular flexibility index (Phi) is 2.13. The number of hydrogen-bond acceptors (Lipinski definition) is 2. The minimum Gasteiger partial charge on any atom is -0.230 e. The molecule has 0 aromatic heterocycles. The van der Waals surface area contributed by atoms with Gasteiger partial charge in [-0.1, -0.05) is 30.3 Å². The monoisotopic (exact) mass is 192 g/mol. The van der Waals surface area contributed by atoms with Crippen molar-refractivity contribution in [3.63, 3.8) is 0 Å². The molecule has 2 nitrogen and oxygen atoms in total. The van der Waals surface area contributed by atoms with Gasteiger partial charge in [0.15, 0.2) is 0 Å². The minimum atomic E-state index is -0.301. The SMILES string of the molecule is CC1(C)CC(C)(c2ccccc2)OO1. The summed E-state index contributed by atoms with van der Waals surface area (Å²) in [5.74, 6) is 0. The standard InChI is InChI=1S/C12H16O2/c1-11(2)9-12(3,14-13-11)10-7-5-4-6-8-10/h4-8H,9H2,1-3H3. The molecule has 14 heavy (non-hydrogen) atoms. The molecule has 1 unspecified atom stereocenters. The van der Waals surface area contributed by atoms with Crippen molar-refractivity contribution < 1.29 is 9.78 Å². The Morgan fingerprint density at radius 2 is 1.64 bits per heavy atom. The zero-order chi connectivity index (χ0) is 10.2. The Bertz CT molecular complexity index is 318. The Labute approximate surface area is 84.8 Å². The van der Waals surface area contributed by atoms with Gasteiger partial charge in [0, 0.05) is 6.42 Å². The maximum absolute atomic E-state index is 5.44. The summed E-state index contributed by atoms with van der Waals surface area (Å²) in [6.45, 7) is 6.15. The van der Waals surface area contributed by atoms with Gasteiger partial charge in [0.1, 0.15) is 11.2 Å². The molecule has 2 rings (SSSR count). The lowest BCUT2D eigenvalue weighted by Crippen LogP contribution is -2.23. The summed E-state index contributed by atoms with van der Waals surface area (Å²) >= 11 is 0. The molecule has 0 saturated carbocycles. The quantitative estimate of drug-likeness (QED) is 0.637. The van der Waals surface area contributed by atoms with E-state index in [1.54, 1.807) is 0 Å². The van der Waals surface area contributed by atoms with Gasteiger partial charge in [-0.3, -0.25) is 0 Å². The average Bonchev–Trinajstić information content (AvgIpc) is 2.44. The van der Waals surface area contributed by atoms with E-state index in [1.165, 1.54) is 5.56 Å². The van der Waals surface area contributed by atoms with E-state index in [1.807, 2.05) is 32.0 Å². The van der Waals surface area contributed by atoms with Crippen LogP contribution >= 0.6 is 0 Å². The van der Waals surface area contributed by atoms with Gasteiger partial charge in [-0.15, -0.1) is 0 Å². The van der Waals surface area contributed by atoms with E-state index in [9.17, 15) is 0 Å². The van der Waals surface area contributed by atoms with Crippen LogP contribution in [0.1, 0.15) is 32.8 Å². The lowest BCUT2D eigenvalue weighted by atomic mass is 9.86. The van der Waals surface area contributed by atoms with E-state index in [2.05, 4.69) is 19.1 Å². The van der Waals surface area contributed by atoms with Crippen molar-refractivity contribution in [2.45, 2.75) is 38.4 Å². The van der Waals surface area contributed by atoms with Crippen LogP contribution in [-0.2, 0) is 15.4 Å². The van der Waals surface area contributed by atoms with Crippen molar-refractivity contribution in [3.05, 3.63) is 35.9 Å². The summed E-state index contributed by atoms with van der Waals surface area (Å²) in [7, 11) is 0. The first kappa shape index (κ1) is 9.69. The molecule has 0 amide bonds. The number of rotatable bonds is 1. The number of hydrogen-bond donors (Lipinski definition) is 0. The molecule has 0 N–H and O–H groups in total. The summed E-state index contributed by atoms with van der Waals surface area (Å²) in [6, 6.07) is 10.2. The minimum absolute atomic E-state index is 0.190. The van der Waals surface area contributed by atoms with Crippen LogP contribution in [0.4, 0.5) is 0 Å². The van der Waals surface area contributed by atoms with E-state index in [4.69, 9.17) is 9.78 Å². The van der Waals surface area contributed by atoms with Crippen LogP contribution in [0.2, 0.25) is 0 Å². The molecule has 1 aliphatic heterocycles. The van der Waals surface area contributed by atoms with Gasteiger partial charge < -0.3 is 0 Å². The average molecular weight is 192 g/mol. The number of benzene rings is 1. The highest BCUT2D eigenvalue weighted by molar-refractivity contribution is 5.22. The molecular formula is C12H16O2. The Morgan fingerprint density at radius 3 is 2.14 bits per heavy atom. The fourth-order valence-electron chi connectivity index (χ4n) is 2.02. The summed E-state index contributed by atoms with van der Waals surface area (Å²) < 4.78 is 0. The van der Waals surface area contributed by atoms with E-state index < -0.39 is 0 Å². The van der Waals surface area contributed by atoms with Crippen LogP contribution in [0.15, 0.2) is 30.3 Å². The summed E-state index contributed by atoms with van der Waals surface area (Å²) in [4.78, 5) is 10.8. The molecule has 1 aromatic rings. The highest BCUT2D eigenvalue weighted by atomic mass is 17.2. The first-order valence-electron chi connectivity index (χ1n) is 4.94. The van der Waals surface area contributed by atoms with Gasteiger partial charge in [-0.2, -0.15) is 0 Å². The van der Waals surface area contributed by atoms with Crippen molar-refractivity contribution in [3.8, 4) is 0 Å². The molecule has 1 heterocycles. The molecule has 1 aromatic carbocycles. The van der Waals surface area contributed by atoms with Crippen LogP contribution in [0.5, 0.6) is 0 Å². The molecule has 1 saturated heterocycles. The Balaban J connectivity index is 2.27. The van der Waals surface area contributed by atoms with Crippen molar-refractivity contribution >= 4 is 0 Å². The fraction of sp³-hybridized carbons (Fsp3) is 0.500. The summed E-state index contributed by atoms with van der Waals surface area (Å²) in [6.07, 6.45) is 0.879. The van der Waals surface area contributed by atoms with E-state index in [-0.39, 0.29) is 11.2 Å². The zero-order valence-electron chi connectivity index (χ0n) is 8.91. The zero-order valence-corrected chi connectivity index (χ0v) is 8.91. The van der Waals surface area contributed by atoms with Gasteiger partial charge in [0.25, 0.3) is 0 Å². The van der Waals surface area contributed by atoms with Crippen molar-refractivity contribution in [1.29, 1.82) is 0 Å². The van der Waals surface area contributed by atoms with Crippen molar-refractivity contribution in [2.75, 3.05) is 0 Å². The largest absolute Gasteiger partial charge is 0.230 e. The predicted octanol–water partition coefficient (Wildman–Crippen LogP) is 3.03. The van der Waals surface area contributed by atoms with Crippen LogP contribution in [0.25, 0.3) is 0 Å². The molecule has 0 aliphatic carbocycles. The summed E-state index contributed by atoms with van der Waals surface area (Å²) in [5, 5.41) is 0.